The highest BCUT2D eigenvalue weighted by molar-refractivity contribution is 5.95. The number of nitrogens with zero attached hydrogens (tertiary/aromatic N) is 5. The third-order valence-electron chi connectivity index (χ3n) is 6.61. The summed E-state index contributed by atoms with van der Waals surface area (Å²) in [5.74, 6) is 1.50. The fraction of sp³-hybridized carbons (Fsp3) is 0.500. The van der Waals surface area contributed by atoms with Gasteiger partial charge in [-0.05, 0) is 56.5 Å². The van der Waals surface area contributed by atoms with Gasteiger partial charge in [0.1, 0.15) is 5.82 Å². The zero-order valence-electron chi connectivity index (χ0n) is 18.3. The maximum Gasteiger partial charge on any atom is 0.241 e. The molecule has 1 unspecified atom stereocenters. The molecule has 2 aliphatic heterocycles. The van der Waals surface area contributed by atoms with Crippen LogP contribution in [0.4, 0.5) is 11.5 Å². The van der Waals surface area contributed by atoms with Gasteiger partial charge in [0.05, 0.1) is 23.6 Å². The molecule has 0 spiro atoms. The fourth-order valence-electron chi connectivity index (χ4n) is 4.63. The Kier molecular flexibility index (Phi) is 6.03. The standard InChI is InChI=1S/C24H30N6O2/c31-23(21-5-3-11-30(21)17-20-4-1-2-10-25-20)27-19-8-9-22(26-16-19)28-12-14-29(15-13-28)24(32)18-6-7-18/h1-2,4,8-10,16,18,21H,3,5-7,11-15,17H2,(H,27,31). The first-order chi connectivity index (χ1) is 15.7. The van der Waals surface area contributed by atoms with Crippen molar-refractivity contribution in [3.8, 4) is 0 Å². The largest absolute Gasteiger partial charge is 0.353 e. The summed E-state index contributed by atoms with van der Waals surface area (Å²) < 4.78 is 0. The van der Waals surface area contributed by atoms with Crippen molar-refractivity contribution in [1.82, 2.24) is 19.8 Å². The van der Waals surface area contributed by atoms with Crippen LogP contribution in [0.15, 0.2) is 42.7 Å². The van der Waals surface area contributed by atoms with Crippen molar-refractivity contribution in [2.45, 2.75) is 38.3 Å². The van der Waals surface area contributed by atoms with Crippen LogP contribution in [0.5, 0.6) is 0 Å². The second-order valence-corrected chi connectivity index (χ2v) is 8.93. The predicted molar refractivity (Wildman–Crippen MR) is 122 cm³/mol. The minimum atomic E-state index is -0.145. The number of carbonyl (C=O) groups excluding carboxylic acids is 2. The van der Waals surface area contributed by atoms with Crippen LogP contribution in [-0.4, -0.2) is 70.3 Å². The highest BCUT2D eigenvalue weighted by Crippen LogP contribution is 2.31. The molecule has 1 N–H and O–H groups in total. The number of likely N-dealkylation sites (tertiary alicyclic amines) is 1. The summed E-state index contributed by atoms with van der Waals surface area (Å²) in [6, 6.07) is 9.60. The monoisotopic (exact) mass is 434 g/mol. The Bertz CT molecular complexity index is 939. The number of nitrogens with one attached hydrogen (secondary N) is 1. The number of carbonyl (C=O) groups is 2. The first-order valence-electron chi connectivity index (χ1n) is 11.6. The van der Waals surface area contributed by atoms with E-state index in [1.54, 1.807) is 12.4 Å². The Balaban J connectivity index is 1.14. The van der Waals surface area contributed by atoms with E-state index >= 15 is 0 Å². The molecule has 3 fully saturated rings. The smallest absolute Gasteiger partial charge is 0.241 e. The van der Waals surface area contributed by atoms with Gasteiger partial charge in [0.15, 0.2) is 0 Å². The lowest BCUT2D eigenvalue weighted by Gasteiger charge is -2.35. The van der Waals surface area contributed by atoms with Crippen molar-refractivity contribution in [3.05, 3.63) is 48.4 Å². The molecule has 2 amide bonds. The van der Waals surface area contributed by atoms with Gasteiger partial charge in [-0.15, -0.1) is 0 Å². The predicted octanol–water partition coefficient (Wildman–Crippen LogP) is 2.14. The van der Waals surface area contributed by atoms with Crippen molar-refractivity contribution in [2.75, 3.05) is 42.9 Å². The molecule has 2 aromatic heterocycles. The van der Waals surface area contributed by atoms with E-state index in [1.807, 2.05) is 35.2 Å². The molecule has 0 bridgehead atoms. The quantitative estimate of drug-likeness (QED) is 0.750. The van der Waals surface area contributed by atoms with E-state index in [9.17, 15) is 9.59 Å². The molecule has 1 atom stereocenters. The van der Waals surface area contributed by atoms with E-state index in [1.165, 1.54) is 0 Å². The van der Waals surface area contributed by atoms with Crippen LogP contribution in [0.1, 0.15) is 31.4 Å². The molecule has 2 saturated heterocycles. The van der Waals surface area contributed by atoms with E-state index in [4.69, 9.17) is 0 Å². The van der Waals surface area contributed by atoms with Crippen molar-refractivity contribution in [3.63, 3.8) is 0 Å². The lowest BCUT2D eigenvalue weighted by Crippen LogP contribution is -2.49. The maximum absolute atomic E-state index is 12.9. The maximum atomic E-state index is 12.9. The number of pyridine rings is 2. The average Bonchev–Trinajstić information content (AvgIpc) is 3.58. The number of piperazine rings is 1. The molecule has 0 radical (unpaired) electrons. The summed E-state index contributed by atoms with van der Waals surface area (Å²) in [7, 11) is 0. The highest BCUT2D eigenvalue weighted by atomic mass is 16.2. The molecule has 0 aromatic carbocycles. The molecule has 8 heteroatoms. The minimum Gasteiger partial charge on any atom is -0.353 e. The van der Waals surface area contributed by atoms with E-state index in [2.05, 4.69) is 25.1 Å². The average molecular weight is 435 g/mol. The van der Waals surface area contributed by atoms with E-state index in [0.29, 0.717) is 18.1 Å². The van der Waals surface area contributed by atoms with E-state index < -0.39 is 0 Å². The molecular formula is C24H30N6O2. The third kappa shape index (κ3) is 4.75. The van der Waals surface area contributed by atoms with Crippen molar-refractivity contribution in [2.24, 2.45) is 5.92 Å². The molecule has 4 heterocycles. The normalized spacial score (nSPS) is 21.6. The first kappa shape index (κ1) is 20.9. The minimum absolute atomic E-state index is 0.0141. The Morgan fingerprint density at radius 3 is 2.50 bits per heavy atom. The van der Waals surface area contributed by atoms with Gasteiger partial charge < -0.3 is 15.1 Å². The fourth-order valence-corrected chi connectivity index (χ4v) is 4.63. The lowest BCUT2D eigenvalue weighted by molar-refractivity contribution is -0.132. The lowest BCUT2D eigenvalue weighted by atomic mass is 10.2. The molecular weight excluding hydrogens is 404 g/mol. The van der Waals surface area contributed by atoms with Gasteiger partial charge in [-0.2, -0.15) is 0 Å². The van der Waals surface area contributed by atoms with E-state index in [-0.39, 0.29) is 17.9 Å². The van der Waals surface area contributed by atoms with Crippen molar-refractivity contribution >= 4 is 23.3 Å². The number of hydrogen-bond donors (Lipinski definition) is 1. The second-order valence-electron chi connectivity index (χ2n) is 8.93. The Morgan fingerprint density at radius 2 is 1.81 bits per heavy atom. The van der Waals surface area contributed by atoms with Gasteiger partial charge in [-0.1, -0.05) is 6.07 Å². The summed E-state index contributed by atoms with van der Waals surface area (Å²) in [5.41, 5.74) is 1.70. The van der Waals surface area contributed by atoms with Gasteiger partial charge in [-0.3, -0.25) is 19.5 Å². The van der Waals surface area contributed by atoms with Crippen LogP contribution >= 0.6 is 0 Å². The summed E-state index contributed by atoms with van der Waals surface area (Å²) >= 11 is 0. The summed E-state index contributed by atoms with van der Waals surface area (Å²) in [4.78, 5) is 40.5. The van der Waals surface area contributed by atoms with Crippen LogP contribution in [-0.2, 0) is 16.1 Å². The van der Waals surface area contributed by atoms with Gasteiger partial charge >= 0.3 is 0 Å². The number of anilines is 2. The van der Waals surface area contributed by atoms with E-state index in [0.717, 1.165) is 69.9 Å². The van der Waals surface area contributed by atoms with Crippen LogP contribution in [0, 0.1) is 5.92 Å². The van der Waals surface area contributed by atoms with Crippen LogP contribution in [0.25, 0.3) is 0 Å². The van der Waals surface area contributed by atoms with Crippen molar-refractivity contribution in [1.29, 1.82) is 0 Å². The van der Waals surface area contributed by atoms with Crippen molar-refractivity contribution < 1.29 is 9.59 Å². The third-order valence-corrected chi connectivity index (χ3v) is 6.61. The van der Waals surface area contributed by atoms with Gasteiger partial charge in [-0.25, -0.2) is 4.98 Å². The van der Waals surface area contributed by atoms with Gasteiger partial charge in [0, 0.05) is 44.8 Å². The number of rotatable bonds is 6. The van der Waals surface area contributed by atoms with Gasteiger partial charge in [0.25, 0.3) is 0 Å². The molecule has 168 valence electrons. The topological polar surface area (TPSA) is 81.7 Å². The summed E-state index contributed by atoms with van der Waals surface area (Å²) in [6.45, 7) is 4.68. The molecule has 5 rings (SSSR count). The Labute approximate surface area is 188 Å². The second kappa shape index (κ2) is 9.24. The van der Waals surface area contributed by atoms with Crippen LogP contribution in [0.3, 0.4) is 0 Å². The Hall–Kier alpha value is -3.00. The zero-order chi connectivity index (χ0) is 21.9. The zero-order valence-corrected chi connectivity index (χ0v) is 18.3. The molecule has 8 nitrogen and oxygen atoms in total. The Morgan fingerprint density at radius 1 is 0.969 bits per heavy atom. The number of amides is 2. The number of hydrogen-bond acceptors (Lipinski definition) is 6. The molecule has 1 aliphatic carbocycles. The molecule has 32 heavy (non-hydrogen) atoms. The molecule has 1 saturated carbocycles. The molecule has 2 aromatic rings. The van der Waals surface area contributed by atoms with Crippen LogP contribution in [0.2, 0.25) is 0 Å². The molecule has 3 aliphatic rings. The number of aromatic nitrogens is 2. The SMILES string of the molecule is O=C(Nc1ccc(N2CCN(C(=O)C3CC3)CC2)nc1)C1CCCN1Cc1ccccn1. The summed E-state index contributed by atoms with van der Waals surface area (Å²) in [6.07, 6.45) is 7.49. The first-order valence-corrected chi connectivity index (χ1v) is 11.6. The summed E-state index contributed by atoms with van der Waals surface area (Å²) in [5, 5.41) is 3.04. The van der Waals surface area contributed by atoms with Gasteiger partial charge in [0.2, 0.25) is 11.8 Å². The van der Waals surface area contributed by atoms with Crippen LogP contribution < -0.4 is 10.2 Å². The highest BCUT2D eigenvalue weighted by Gasteiger charge is 2.35.